The van der Waals surface area contributed by atoms with E-state index >= 15 is 0 Å². The number of hydrogen-bond donors (Lipinski definition) is 1. The number of rotatable bonds is 9. The highest BCUT2D eigenvalue weighted by atomic mass is 32.2. The maximum absolute atomic E-state index is 12.5. The molecular weight excluding hydrogens is 352 g/mol. The fourth-order valence-electron chi connectivity index (χ4n) is 2.73. The lowest BCUT2D eigenvalue weighted by atomic mass is 10.1. The minimum Gasteiger partial charge on any atom is -0.280 e. The van der Waals surface area contributed by atoms with Crippen molar-refractivity contribution >= 4 is 21.4 Å². The van der Waals surface area contributed by atoms with Crippen LogP contribution in [0.4, 0.5) is 11.4 Å². The largest absolute Gasteiger partial charge is 0.280 e. The number of nitrogens with zero attached hydrogens (tertiary/aromatic N) is 1. The molecule has 0 aliphatic rings. The third kappa shape index (κ3) is 5.29. The van der Waals surface area contributed by atoms with E-state index in [1.165, 1.54) is 37.5 Å². The molecule has 0 saturated heterocycles. The topological polar surface area (TPSA) is 89.3 Å². The predicted octanol–water partition coefficient (Wildman–Crippen LogP) is 4.83. The van der Waals surface area contributed by atoms with Crippen molar-refractivity contribution in [3.8, 4) is 0 Å². The lowest BCUT2D eigenvalue weighted by Crippen LogP contribution is -2.13. The highest BCUT2D eigenvalue weighted by molar-refractivity contribution is 7.92. The third-order valence-corrected chi connectivity index (χ3v) is 5.60. The maximum Gasteiger partial charge on any atom is 0.272 e. The molecule has 2 aromatic carbocycles. The second kappa shape index (κ2) is 8.80. The van der Waals surface area contributed by atoms with E-state index in [1.54, 1.807) is 19.1 Å². The summed E-state index contributed by atoms with van der Waals surface area (Å²) >= 11 is 0. The summed E-state index contributed by atoms with van der Waals surface area (Å²) in [5.74, 6) is 0. The number of nitro benzene ring substituents is 1. The molecule has 0 radical (unpaired) electrons. The first-order valence-corrected chi connectivity index (χ1v) is 10.2. The Morgan fingerprint density at radius 3 is 2.31 bits per heavy atom. The Morgan fingerprint density at radius 2 is 1.73 bits per heavy atom. The first-order valence-electron chi connectivity index (χ1n) is 8.70. The van der Waals surface area contributed by atoms with Crippen LogP contribution in [-0.4, -0.2) is 13.3 Å². The molecule has 7 heteroatoms. The fraction of sp³-hybridized carbons (Fsp3) is 0.368. The van der Waals surface area contributed by atoms with E-state index in [2.05, 4.69) is 11.6 Å². The van der Waals surface area contributed by atoms with Gasteiger partial charge in [0.15, 0.2) is 0 Å². The van der Waals surface area contributed by atoms with Crippen LogP contribution in [0, 0.1) is 17.0 Å². The van der Waals surface area contributed by atoms with Crippen molar-refractivity contribution in [2.24, 2.45) is 0 Å². The molecule has 0 aliphatic carbocycles. The molecule has 1 N–H and O–H groups in total. The van der Waals surface area contributed by atoms with Crippen LogP contribution in [0.25, 0.3) is 0 Å². The zero-order chi connectivity index (χ0) is 19.2. The van der Waals surface area contributed by atoms with Crippen LogP contribution in [0.2, 0.25) is 0 Å². The molecule has 0 heterocycles. The van der Waals surface area contributed by atoms with Gasteiger partial charge in [-0.15, -0.1) is 0 Å². The van der Waals surface area contributed by atoms with Crippen LogP contribution in [0.5, 0.6) is 0 Å². The molecule has 0 spiro atoms. The lowest BCUT2D eigenvalue weighted by molar-refractivity contribution is -0.385. The van der Waals surface area contributed by atoms with E-state index in [1.807, 2.05) is 12.1 Å². The number of nitrogens with one attached hydrogen (secondary N) is 1. The first-order chi connectivity index (χ1) is 12.3. The summed E-state index contributed by atoms with van der Waals surface area (Å²) in [7, 11) is -3.73. The Labute approximate surface area is 154 Å². The monoisotopic (exact) mass is 376 g/mol. The van der Waals surface area contributed by atoms with Gasteiger partial charge in [-0.05, 0) is 49.6 Å². The normalized spacial score (nSPS) is 11.3. The molecule has 2 rings (SSSR count). The Morgan fingerprint density at radius 1 is 1.04 bits per heavy atom. The van der Waals surface area contributed by atoms with E-state index in [9.17, 15) is 18.5 Å². The van der Waals surface area contributed by atoms with Crippen LogP contribution >= 0.6 is 0 Å². The Balaban J connectivity index is 2.07. The highest BCUT2D eigenvalue weighted by Crippen LogP contribution is 2.24. The zero-order valence-electron chi connectivity index (χ0n) is 15.1. The molecule has 0 atom stereocenters. The van der Waals surface area contributed by atoms with Crippen molar-refractivity contribution in [3.63, 3.8) is 0 Å². The summed E-state index contributed by atoms with van der Waals surface area (Å²) in [5.41, 5.74) is 1.78. The smallest absolute Gasteiger partial charge is 0.272 e. The molecule has 0 amide bonds. The predicted molar refractivity (Wildman–Crippen MR) is 103 cm³/mol. The number of nitro groups is 1. The molecule has 26 heavy (non-hydrogen) atoms. The van der Waals surface area contributed by atoms with Gasteiger partial charge in [-0.3, -0.25) is 14.8 Å². The summed E-state index contributed by atoms with van der Waals surface area (Å²) in [5, 5.41) is 10.8. The number of benzene rings is 2. The van der Waals surface area contributed by atoms with Gasteiger partial charge in [0.05, 0.1) is 9.82 Å². The first kappa shape index (κ1) is 19.9. The quantitative estimate of drug-likeness (QED) is 0.386. The number of anilines is 1. The fourth-order valence-corrected chi connectivity index (χ4v) is 3.78. The lowest BCUT2D eigenvalue weighted by Gasteiger charge is -2.10. The van der Waals surface area contributed by atoms with E-state index in [0.717, 1.165) is 18.4 Å². The summed E-state index contributed by atoms with van der Waals surface area (Å²) in [4.78, 5) is 10.5. The minimum absolute atomic E-state index is 0.0413. The van der Waals surface area contributed by atoms with E-state index in [-0.39, 0.29) is 10.6 Å². The second-order valence-electron chi connectivity index (χ2n) is 6.32. The van der Waals surface area contributed by atoms with Crippen molar-refractivity contribution in [1.82, 2.24) is 0 Å². The molecule has 0 bridgehead atoms. The zero-order valence-corrected chi connectivity index (χ0v) is 15.9. The van der Waals surface area contributed by atoms with Gasteiger partial charge < -0.3 is 0 Å². The van der Waals surface area contributed by atoms with Crippen molar-refractivity contribution in [3.05, 3.63) is 63.7 Å². The SMILES string of the molecule is CCCCCCc1ccc(S(=O)(=O)Nc2ccc([N+](=O)[O-])c(C)c2)cc1. The molecule has 0 aliphatic heterocycles. The van der Waals surface area contributed by atoms with Gasteiger partial charge in [0, 0.05) is 17.3 Å². The van der Waals surface area contributed by atoms with Gasteiger partial charge >= 0.3 is 0 Å². The summed E-state index contributed by atoms with van der Waals surface area (Å²) in [6, 6.07) is 11.0. The van der Waals surface area contributed by atoms with Gasteiger partial charge in [-0.2, -0.15) is 0 Å². The Bertz CT molecular complexity index is 862. The van der Waals surface area contributed by atoms with Gasteiger partial charge in [-0.25, -0.2) is 8.42 Å². The van der Waals surface area contributed by atoms with Gasteiger partial charge in [0.1, 0.15) is 0 Å². The average Bonchev–Trinajstić information content (AvgIpc) is 2.58. The number of sulfonamides is 1. The van der Waals surface area contributed by atoms with Crippen LogP contribution in [0.1, 0.15) is 43.7 Å². The second-order valence-corrected chi connectivity index (χ2v) is 8.00. The van der Waals surface area contributed by atoms with Crippen molar-refractivity contribution in [2.45, 2.75) is 50.8 Å². The Kier molecular flexibility index (Phi) is 6.74. The van der Waals surface area contributed by atoms with Gasteiger partial charge in [0.2, 0.25) is 0 Å². The Hall–Kier alpha value is -2.41. The molecule has 0 aromatic heterocycles. The summed E-state index contributed by atoms with van der Waals surface area (Å²) < 4.78 is 27.5. The third-order valence-electron chi connectivity index (χ3n) is 4.20. The molecule has 2 aromatic rings. The highest BCUT2D eigenvalue weighted by Gasteiger charge is 2.16. The summed E-state index contributed by atoms with van der Waals surface area (Å²) in [6.45, 7) is 3.74. The summed E-state index contributed by atoms with van der Waals surface area (Å²) in [6.07, 6.45) is 5.61. The van der Waals surface area contributed by atoms with Crippen LogP contribution in [0.15, 0.2) is 47.4 Å². The van der Waals surface area contributed by atoms with Crippen molar-refractivity contribution in [2.75, 3.05) is 4.72 Å². The van der Waals surface area contributed by atoms with E-state index in [4.69, 9.17) is 0 Å². The number of aryl methyl sites for hydroxylation is 2. The molecular formula is C19H24N2O4S. The van der Waals surface area contributed by atoms with Crippen LogP contribution in [-0.2, 0) is 16.4 Å². The molecule has 140 valence electrons. The number of unbranched alkanes of at least 4 members (excludes halogenated alkanes) is 3. The minimum atomic E-state index is -3.73. The van der Waals surface area contributed by atoms with Crippen molar-refractivity contribution < 1.29 is 13.3 Å². The standard InChI is InChI=1S/C19H24N2O4S/c1-3-4-5-6-7-16-8-11-18(12-9-16)26(24,25)20-17-10-13-19(21(22)23)15(2)14-17/h8-14,20H,3-7H2,1-2H3. The van der Waals surface area contributed by atoms with Crippen LogP contribution < -0.4 is 4.72 Å². The van der Waals surface area contributed by atoms with E-state index in [0.29, 0.717) is 11.3 Å². The van der Waals surface area contributed by atoms with Crippen molar-refractivity contribution in [1.29, 1.82) is 0 Å². The molecule has 0 unspecified atom stereocenters. The van der Waals surface area contributed by atoms with Gasteiger partial charge in [-0.1, -0.05) is 38.3 Å². The van der Waals surface area contributed by atoms with E-state index < -0.39 is 14.9 Å². The maximum atomic E-state index is 12.5. The molecule has 6 nitrogen and oxygen atoms in total. The average molecular weight is 376 g/mol. The molecule has 0 saturated carbocycles. The van der Waals surface area contributed by atoms with Crippen LogP contribution in [0.3, 0.4) is 0 Å². The van der Waals surface area contributed by atoms with Gasteiger partial charge in [0.25, 0.3) is 15.7 Å². The number of hydrogen-bond acceptors (Lipinski definition) is 4. The molecule has 0 fully saturated rings.